The molecule has 4 N–H and O–H groups in total. The molecule has 0 fully saturated rings. The van der Waals surface area contributed by atoms with Crippen molar-refractivity contribution in [3.63, 3.8) is 0 Å². The van der Waals surface area contributed by atoms with Gasteiger partial charge >= 0.3 is 0 Å². The van der Waals surface area contributed by atoms with Crippen molar-refractivity contribution in [2.45, 2.75) is 31.8 Å². The molecule has 2 aromatic carbocycles. The Hall–Kier alpha value is -2.83. The first-order valence-corrected chi connectivity index (χ1v) is 10.2. The number of rotatable bonds is 9. The maximum absolute atomic E-state index is 10.5. The number of aromatic nitrogens is 1. The summed E-state index contributed by atoms with van der Waals surface area (Å²) < 4.78 is 5.87. The van der Waals surface area contributed by atoms with Gasteiger partial charge in [0.05, 0.1) is 6.10 Å². The number of amides is 1. The second kappa shape index (κ2) is 9.11. The molecule has 0 radical (unpaired) electrons. The van der Waals surface area contributed by atoms with Crippen LogP contribution in [0.2, 0.25) is 0 Å². The zero-order valence-corrected chi connectivity index (χ0v) is 16.4. The van der Waals surface area contributed by atoms with Crippen molar-refractivity contribution in [1.29, 1.82) is 0 Å². The van der Waals surface area contributed by atoms with Crippen LogP contribution in [0.4, 0.5) is 5.69 Å². The van der Waals surface area contributed by atoms with E-state index in [1.54, 1.807) is 12.1 Å². The van der Waals surface area contributed by atoms with Crippen LogP contribution in [0.25, 0.3) is 10.9 Å². The molecule has 1 aromatic heterocycles. The fourth-order valence-electron chi connectivity index (χ4n) is 3.98. The second-order valence-corrected chi connectivity index (χ2v) is 7.45. The van der Waals surface area contributed by atoms with Gasteiger partial charge in [-0.15, -0.1) is 0 Å². The lowest BCUT2D eigenvalue weighted by Gasteiger charge is -2.14. The number of anilines is 1. The highest BCUT2D eigenvalue weighted by Gasteiger charge is 2.15. The number of aryl methyl sites for hydroxylation is 2. The first-order valence-electron chi connectivity index (χ1n) is 10.2. The minimum Gasteiger partial charge on any atom is -0.492 e. The summed E-state index contributed by atoms with van der Waals surface area (Å²) in [4.78, 5) is 14.1. The standard InChI is InChI=1S/C23H27N3O3/c27-15-25-17-5-3-4-16(12-17)23(28)14-24-10-11-29-18-8-9-20-19-6-1-2-7-21(19)26-22(20)13-18/h3-5,8-9,12-13,15,23-24,26,28H,1-2,6-7,10-11,14H2,(H,25,27). The lowest BCUT2D eigenvalue weighted by molar-refractivity contribution is -0.105. The first-order chi connectivity index (χ1) is 14.2. The zero-order chi connectivity index (χ0) is 20.1. The normalized spacial score (nSPS) is 14.4. The number of aliphatic hydroxyl groups is 1. The van der Waals surface area contributed by atoms with Crippen LogP contribution in [-0.4, -0.2) is 36.2 Å². The summed E-state index contributed by atoms with van der Waals surface area (Å²) in [5.74, 6) is 0.853. The zero-order valence-electron chi connectivity index (χ0n) is 16.4. The molecular weight excluding hydrogens is 366 g/mol. The number of aliphatic hydroxyl groups excluding tert-OH is 1. The van der Waals surface area contributed by atoms with Crippen LogP contribution in [0.15, 0.2) is 42.5 Å². The summed E-state index contributed by atoms with van der Waals surface area (Å²) in [6, 6.07) is 13.5. The molecule has 1 aliphatic carbocycles. The summed E-state index contributed by atoms with van der Waals surface area (Å²) in [7, 11) is 0. The van der Waals surface area contributed by atoms with E-state index >= 15 is 0 Å². The predicted octanol–water partition coefficient (Wildman–Crippen LogP) is 3.32. The molecule has 0 saturated heterocycles. The SMILES string of the molecule is O=CNc1cccc(C(O)CNCCOc2ccc3c4c([nH]c3c2)CCCC4)c1. The van der Waals surface area contributed by atoms with E-state index in [1.807, 2.05) is 18.2 Å². The first kappa shape index (κ1) is 19.5. The van der Waals surface area contributed by atoms with Crippen molar-refractivity contribution >= 4 is 23.0 Å². The van der Waals surface area contributed by atoms with Gasteiger partial charge < -0.3 is 25.5 Å². The Bertz CT molecular complexity index is 983. The lowest BCUT2D eigenvalue weighted by atomic mass is 9.96. The highest BCUT2D eigenvalue weighted by atomic mass is 16.5. The van der Waals surface area contributed by atoms with E-state index in [9.17, 15) is 9.90 Å². The predicted molar refractivity (Wildman–Crippen MR) is 114 cm³/mol. The van der Waals surface area contributed by atoms with Crippen LogP contribution in [0.1, 0.15) is 35.8 Å². The quantitative estimate of drug-likeness (QED) is 0.332. The summed E-state index contributed by atoms with van der Waals surface area (Å²) in [6.45, 7) is 1.56. The fraction of sp³-hybridized carbons (Fsp3) is 0.348. The Kier molecular flexibility index (Phi) is 6.12. The van der Waals surface area contributed by atoms with Gasteiger partial charge in [0.15, 0.2) is 0 Å². The molecule has 1 atom stereocenters. The highest BCUT2D eigenvalue weighted by Crippen LogP contribution is 2.31. The molecule has 3 aromatic rings. The van der Waals surface area contributed by atoms with Gasteiger partial charge in [-0.05, 0) is 61.1 Å². The Balaban J connectivity index is 1.25. The molecule has 1 aliphatic rings. The van der Waals surface area contributed by atoms with Gasteiger partial charge in [0.25, 0.3) is 0 Å². The second-order valence-electron chi connectivity index (χ2n) is 7.45. The van der Waals surface area contributed by atoms with Crippen molar-refractivity contribution in [3.8, 4) is 5.75 Å². The Morgan fingerprint density at radius 1 is 1.17 bits per heavy atom. The number of ether oxygens (including phenoxy) is 1. The molecule has 0 aliphatic heterocycles. The maximum Gasteiger partial charge on any atom is 0.211 e. The van der Waals surface area contributed by atoms with E-state index in [1.165, 1.54) is 29.5 Å². The molecule has 1 amide bonds. The summed E-state index contributed by atoms with van der Waals surface area (Å²) >= 11 is 0. The number of carbonyl (C=O) groups is 1. The molecule has 1 unspecified atom stereocenters. The van der Waals surface area contributed by atoms with Crippen LogP contribution in [-0.2, 0) is 17.6 Å². The summed E-state index contributed by atoms with van der Waals surface area (Å²) in [5.41, 5.74) is 5.43. The molecule has 0 saturated carbocycles. The molecule has 29 heavy (non-hydrogen) atoms. The highest BCUT2D eigenvalue weighted by molar-refractivity contribution is 5.86. The van der Waals surface area contributed by atoms with Crippen LogP contribution < -0.4 is 15.4 Å². The third-order valence-corrected chi connectivity index (χ3v) is 5.45. The van der Waals surface area contributed by atoms with E-state index < -0.39 is 6.10 Å². The smallest absolute Gasteiger partial charge is 0.211 e. The van der Waals surface area contributed by atoms with Crippen molar-refractivity contribution in [2.75, 3.05) is 25.0 Å². The van der Waals surface area contributed by atoms with Gasteiger partial charge in [-0.1, -0.05) is 12.1 Å². The Morgan fingerprint density at radius 2 is 2.07 bits per heavy atom. The van der Waals surface area contributed by atoms with E-state index in [2.05, 4.69) is 27.8 Å². The van der Waals surface area contributed by atoms with Gasteiger partial charge in [-0.3, -0.25) is 4.79 Å². The number of hydrogen-bond donors (Lipinski definition) is 4. The summed E-state index contributed by atoms with van der Waals surface area (Å²) in [5, 5.41) is 17.4. The van der Waals surface area contributed by atoms with Gasteiger partial charge in [0.1, 0.15) is 12.4 Å². The van der Waals surface area contributed by atoms with Gasteiger partial charge in [0, 0.05) is 41.4 Å². The van der Waals surface area contributed by atoms with Crippen molar-refractivity contribution in [2.24, 2.45) is 0 Å². The van der Waals surface area contributed by atoms with Gasteiger partial charge in [0.2, 0.25) is 6.41 Å². The van der Waals surface area contributed by atoms with Crippen LogP contribution >= 0.6 is 0 Å². The minimum absolute atomic E-state index is 0.413. The average Bonchev–Trinajstić information content (AvgIpc) is 3.11. The lowest BCUT2D eigenvalue weighted by Crippen LogP contribution is -2.26. The van der Waals surface area contributed by atoms with E-state index in [0.29, 0.717) is 31.8 Å². The fourth-order valence-corrected chi connectivity index (χ4v) is 3.98. The van der Waals surface area contributed by atoms with Crippen molar-refractivity contribution < 1.29 is 14.6 Å². The Morgan fingerprint density at radius 3 is 2.97 bits per heavy atom. The molecule has 0 spiro atoms. The number of fused-ring (bicyclic) bond motifs is 3. The van der Waals surface area contributed by atoms with Crippen LogP contribution in [0.3, 0.4) is 0 Å². The molecule has 6 heteroatoms. The third-order valence-electron chi connectivity index (χ3n) is 5.45. The Labute approximate surface area is 170 Å². The molecule has 152 valence electrons. The van der Waals surface area contributed by atoms with E-state index in [0.717, 1.165) is 29.7 Å². The van der Waals surface area contributed by atoms with Gasteiger partial charge in [-0.2, -0.15) is 0 Å². The molecule has 4 rings (SSSR count). The minimum atomic E-state index is -0.648. The average molecular weight is 393 g/mol. The monoisotopic (exact) mass is 393 g/mol. The third kappa shape index (κ3) is 4.60. The molecule has 1 heterocycles. The molecule has 6 nitrogen and oxygen atoms in total. The van der Waals surface area contributed by atoms with E-state index in [-0.39, 0.29) is 0 Å². The van der Waals surface area contributed by atoms with Crippen LogP contribution in [0.5, 0.6) is 5.75 Å². The number of hydrogen-bond acceptors (Lipinski definition) is 4. The van der Waals surface area contributed by atoms with E-state index in [4.69, 9.17) is 4.74 Å². The topological polar surface area (TPSA) is 86.4 Å². The largest absolute Gasteiger partial charge is 0.492 e. The van der Waals surface area contributed by atoms with Crippen molar-refractivity contribution in [3.05, 3.63) is 59.3 Å². The van der Waals surface area contributed by atoms with Crippen LogP contribution in [0, 0.1) is 0 Å². The number of aromatic amines is 1. The number of carbonyl (C=O) groups excluding carboxylic acids is 1. The van der Waals surface area contributed by atoms with Gasteiger partial charge in [-0.25, -0.2) is 0 Å². The number of nitrogens with one attached hydrogen (secondary N) is 3. The van der Waals surface area contributed by atoms with Crippen molar-refractivity contribution in [1.82, 2.24) is 10.3 Å². The maximum atomic E-state index is 10.5. The summed E-state index contributed by atoms with van der Waals surface area (Å²) in [6.07, 6.45) is 4.81. The molecule has 0 bridgehead atoms. The number of H-pyrrole nitrogens is 1. The number of benzene rings is 2. The molecular formula is C23H27N3O3.